The number of imidazole rings is 1. The van der Waals surface area contributed by atoms with Crippen LogP contribution in [0.1, 0.15) is 11.5 Å². The molecule has 20 heavy (non-hydrogen) atoms. The molecule has 0 spiro atoms. The monoisotopic (exact) mass is 272 g/mol. The van der Waals surface area contributed by atoms with Crippen molar-refractivity contribution in [3.8, 4) is 0 Å². The van der Waals surface area contributed by atoms with Crippen molar-refractivity contribution in [1.82, 2.24) is 24.5 Å². The highest BCUT2D eigenvalue weighted by Gasteiger charge is 2.11. The predicted octanol–water partition coefficient (Wildman–Crippen LogP) is 0.127. The van der Waals surface area contributed by atoms with E-state index in [0.29, 0.717) is 19.6 Å². The number of aliphatic hydroxyl groups excluding tert-OH is 1. The van der Waals surface area contributed by atoms with Crippen molar-refractivity contribution < 1.29 is 5.11 Å². The molecule has 3 rings (SSSR count). The molecule has 0 radical (unpaired) electrons. The fourth-order valence-corrected chi connectivity index (χ4v) is 2.25. The van der Waals surface area contributed by atoms with Crippen molar-refractivity contribution in [2.75, 3.05) is 6.61 Å². The minimum Gasteiger partial charge on any atom is -0.395 e. The van der Waals surface area contributed by atoms with E-state index in [1.807, 2.05) is 35.0 Å². The molecule has 3 N–H and O–H groups in total. The van der Waals surface area contributed by atoms with Crippen molar-refractivity contribution in [3.05, 3.63) is 42.0 Å². The second-order valence-corrected chi connectivity index (χ2v) is 4.50. The molecule has 0 amide bonds. The maximum atomic E-state index is 9.23. The summed E-state index contributed by atoms with van der Waals surface area (Å²) in [6.45, 7) is 1.45. The van der Waals surface area contributed by atoms with Gasteiger partial charge in [-0.3, -0.25) is 0 Å². The minimum atomic E-state index is 0.0682. The Morgan fingerprint density at radius 3 is 2.85 bits per heavy atom. The Morgan fingerprint density at radius 2 is 2.10 bits per heavy atom. The van der Waals surface area contributed by atoms with Crippen LogP contribution >= 0.6 is 0 Å². The SMILES string of the molecule is NCc1cn(Cc2nc3ccccc3n2CCO)nn1. The Hall–Kier alpha value is -2.25. The van der Waals surface area contributed by atoms with Crippen LogP contribution in [0.5, 0.6) is 0 Å². The van der Waals surface area contributed by atoms with Crippen molar-refractivity contribution in [3.63, 3.8) is 0 Å². The number of fused-ring (bicyclic) bond motifs is 1. The van der Waals surface area contributed by atoms with Crippen molar-refractivity contribution in [1.29, 1.82) is 0 Å². The molecule has 0 aliphatic rings. The summed E-state index contributed by atoms with van der Waals surface area (Å²) in [5, 5.41) is 17.2. The fourth-order valence-electron chi connectivity index (χ4n) is 2.25. The minimum absolute atomic E-state index is 0.0682. The number of nitrogens with two attached hydrogens (primary N) is 1. The van der Waals surface area contributed by atoms with Gasteiger partial charge >= 0.3 is 0 Å². The summed E-state index contributed by atoms with van der Waals surface area (Å²) in [4.78, 5) is 4.59. The van der Waals surface area contributed by atoms with Crippen LogP contribution in [0, 0.1) is 0 Å². The molecule has 7 nitrogen and oxygen atoms in total. The summed E-state index contributed by atoms with van der Waals surface area (Å²) >= 11 is 0. The van der Waals surface area contributed by atoms with Crippen LogP contribution in [0.4, 0.5) is 0 Å². The number of aromatic nitrogens is 5. The van der Waals surface area contributed by atoms with Gasteiger partial charge < -0.3 is 15.4 Å². The quantitative estimate of drug-likeness (QED) is 0.688. The van der Waals surface area contributed by atoms with Gasteiger partial charge in [0.25, 0.3) is 0 Å². The van der Waals surface area contributed by atoms with Gasteiger partial charge in [-0.2, -0.15) is 0 Å². The summed E-state index contributed by atoms with van der Waals surface area (Å²) in [6.07, 6.45) is 1.81. The fraction of sp³-hybridized carbons (Fsp3) is 0.308. The summed E-state index contributed by atoms with van der Waals surface area (Å²) in [7, 11) is 0. The number of benzene rings is 1. The number of hydrogen-bond donors (Lipinski definition) is 2. The number of hydrogen-bond acceptors (Lipinski definition) is 5. The van der Waals surface area contributed by atoms with Crippen LogP contribution in [0.3, 0.4) is 0 Å². The molecule has 0 saturated heterocycles. The predicted molar refractivity (Wildman–Crippen MR) is 73.8 cm³/mol. The van der Waals surface area contributed by atoms with Crippen LogP contribution in [0.15, 0.2) is 30.5 Å². The molecular formula is C13H16N6O. The second-order valence-electron chi connectivity index (χ2n) is 4.50. The molecule has 0 bridgehead atoms. The van der Waals surface area contributed by atoms with Gasteiger partial charge in [0, 0.05) is 13.1 Å². The molecule has 2 heterocycles. The Labute approximate surface area is 115 Å². The lowest BCUT2D eigenvalue weighted by atomic mass is 10.3. The average molecular weight is 272 g/mol. The molecule has 7 heteroatoms. The Bertz CT molecular complexity index is 717. The summed E-state index contributed by atoms with van der Waals surface area (Å²) in [5.74, 6) is 0.841. The van der Waals surface area contributed by atoms with Crippen LogP contribution < -0.4 is 5.73 Å². The molecule has 3 aromatic rings. The van der Waals surface area contributed by atoms with Gasteiger partial charge in [0.05, 0.1) is 29.5 Å². The van der Waals surface area contributed by atoms with E-state index in [1.54, 1.807) is 4.68 Å². The Balaban J connectivity index is 1.99. The standard InChI is InChI=1S/C13H16N6O/c14-7-10-8-18(17-16-10)9-13-15-11-3-1-2-4-12(11)19(13)5-6-20/h1-4,8,20H,5-7,9,14H2. The number of para-hydroxylation sites is 2. The van der Waals surface area contributed by atoms with E-state index in [-0.39, 0.29) is 6.61 Å². The molecule has 0 aliphatic carbocycles. The topological polar surface area (TPSA) is 94.8 Å². The normalized spacial score (nSPS) is 11.3. The summed E-state index contributed by atoms with van der Waals surface area (Å²) < 4.78 is 3.70. The van der Waals surface area contributed by atoms with Gasteiger partial charge in [-0.25, -0.2) is 9.67 Å². The van der Waals surface area contributed by atoms with Gasteiger partial charge in [-0.1, -0.05) is 17.3 Å². The molecular weight excluding hydrogens is 256 g/mol. The third kappa shape index (κ3) is 2.28. The Morgan fingerprint density at radius 1 is 1.25 bits per heavy atom. The first kappa shape index (κ1) is 12.8. The maximum Gasteiger partial charge on any atom is 0.131 e. The highest BCUT2D eigenvalue weighted by molar-refractivity contribution is 5.75. The van der Waals surface area contributed by atoms with Gasteiger partial charge in [0.2, 0.25) is 0 Å². The molecule has 0 aliphatic heterocycles. The maximum absolute atomic E-state index is 9.23. The van der Waals surface area contributed by atoms with Gasteiger partial charge in [0.15, 0.2) is 0 Å². The number of rotatable bonds is 5. The highest BCUT2D eigenvalue weighted by atomic mass is 16.3. The van der Waals surface area contributed by atoms with Gasteiger partial charge in [-0.15, -0.1) is 5.10 Å². The summed E-state index contributed by atoms with van der Waals surface area (Å²) in [5.41, 5.74) is 8.19. The van der Waals surface area contributed by atoms with Gasteiger partial charge in [-0.05, 0) is 12.1 Å². The molecule has 1 aromatic carbocycles. The zero-order valence-corrected chi connectivity index (χ0v) is 11.0. The van der Waals surface area contributed by atoms with E-state index in [1.165, 1.54) is 0 Å². The lowest BCUT2D eigenvalue weighted by molar-refractivity contribution is 0.275. The first-order valence-electron chi connectivity index (χ1n) is 6.46. The highest BCUT2D eigenvalue weighted by Crippen LogP contribution is 2.16. The van der Waals surface area contributed by atoms with Crippen molar-refractivity contribution >= 4 is 11.0 Å². The molecule has 0 fully saturated rings. The van der Waals surface area contributed by atoms with Crippen LogP contribution in [-0.4, -0.2) is 36.3 Å². The molecule has 0 saturated carbocycles. The van der Waals surface area contributed by atoms with E-state index in [4.69, 9.17) is 5.73 Å². The third-order valence-corrected chi connectivity index (χ3v) is 3.16. The number of aliphatic hydroxyl groups is 1. The smallest absolute Gasteiger partial charge is 0.131 e. The molecule has 0 atom stereocenters. The first-order chi connectivity index (χ1) is 9.81. The second kappa shape index (κ2) is 5.40. The van der Waals surface area contributed by atoms with E-state index >= 15 is 0 Å². The lowest BCUT2D eigenvalue weighted by Gasteiger charge is -2.06. The van der Waals surface area contributed by atoms with E-state index < -0.39 is 0 Å². The zero-order chi connectivity index (χ0) is 13.9. The molecule has 2 aromatic heterocycles. The largest absolute Gasteiger partial charge is 0.395 e. The van der Waals surface area contributed by atoms with Crippen LogP contribution in [0.25, 0.3) is 11.0 Å². The van der Waals surface area contributed by atoms with E-state index in [0.717, 1.165) is 22.6 Å². The summed E-state index contributed by atoms with van der Waals surface area (Å²) in [6, 6.07) is 7.86. The van der Waals surface area contributed by atoms with Crippen LogP contribution in [-0.2, 0) is 19.6 Å². The van der Waals surface area contributed by atoms with E-state index in [2.05, 4.69) is 15.3 Å². The van der Waals surface area contributed by atoms with Crippen molar-refractivity contribution in [2.24, 2.45) is 5.73 Å². The lowest BCUT2D eigenvalue weighted by Crippen LogP contribution is -2.11. The van der Waals surface area contributed by atoms with Crippen molar-refractivity contribution in [2.45, 2.75) is 19.6 Å². The molecule has 104 valence electrons. The first-order valence-corrected chi connectivity index (χ1v) is 6.46. The number of nitrogens with zero attached hydrogens (tertiary/aromatic N) is 5. The Kier molecular flexibility index (Phi) is 3.44. The van der Waals surface area contributed by atoms with Crippen LogP contribution in [0.2, 0.25) is 0 Å². The third-order valence-electron chi connectivity index (χ3n) is 3.16. The van der Waals surface area contributed by atoms with Gasteiger partial charge in [0.1, 0.15) is 12.4 Å². The molecule has 0 unspecified atom stereocenters. The van der Waals surface area contributed by atoms with E-state index in [9.17, 15) is 5.11 Å². The zero-order valence-electron chi connectivity index (χ0n) is 11.0. The average Bonchev–Trinajstić information content (AvgIpc) is 3.05.